The fraction of sp³-hybridized carbons (Fsp3) is 0. The first-order valence-corrected chi connectivity index (χ1v) is 6.65. The van der Waals surface area contributed by atoms with Gasteiger partial charge in [-0.2, -0.15) is 0 Å². The van der Waals surface area contributed by atoms with E-state index in [1.165, 1.54) is 0 Å². The van der Waals surface area contributed by atoms with Crippen LogP contribution in [0, 0.1) is 29.1 Å². The summed E-state index contributed by atoms with van der Waals surface area (Å²) < 4.78 is 86.9. The normalized spacial score (nSPS) is 12.5. The number of hydrogen-bond acceptors (Lipinski definition) is 1. The minimum atomic E-state index is -2.67. The van der Waals surface area contributed by atoms with Crippen LogP contribution in [0.15, 0.2) is 23.1 Å². The molecule has 9 heteroatoms. The van der Waals surface area contributed by atoms with Crippen LogP contribution in [0.1, 0.15) is 0 Å². The van der Waals surface area contributed by atoms with Crippen molar-refractivity contribution in [3.63, 3.8) is 0 Å². The molecule has 0 amide bonds. The van der Waals surface area contributed by atoms with Gasteiger partial charge in [0.25, 0.3) is 0 Å². The third-order valence-corrected chi connectivity index (χ3v) is 3.73. The Hall–Kier alpha value is -1.51. The van der Waals surface area contributed by atoms with Crippen molar-refractivity contribution in [2.45, 2.75) is 4.90 Å². The molecule has 0 radical (unpaired) electrons. The highest BCUT2D eigenvalue weighted by Gasteiger charge is 2.24. The van der Waals surface area contributed by atoms with Crippen molar-refractivity contribution in [3.8, 4) is 11.1 Å². The molecule has 2 aromatic carbocycles. The molecule has 21 heavy (non-hydrogen) atoms. The zero-order valence-corrected chi connectivity index (χ0v) is 11.3. The van der Waals surface area contributed by atoms with Crippen molar-refractivity contribution < 1.29 is 30.7 Å². The van der Waals surface area contributed by atoms with E-state index in [2.05, 4.69) is 0 Å². The molecule has 0 saturated carbocycles. The first-order chi connectivity index (χ1) is 9.73. The molecule has 0 aromatic heterocycles. The van der Waals surface area contributed by atoms with Crippen LogP contribution >= 0.6 is 11.6 Å². The lowest BCUT2D eigenvalue weighted by molar-refractivity contribution is 0.436. The Kier molecular flexibility index (Phi) is 4.31. The SMILES string of the molecule is O=S(O)c1cc(-c2c(F)cc(F)c(F)c2F)c(F)cc1Cl. The van der Waals surface area contributed by atoms with Crippen molar-refractivity contribution in [3.05, 3.63) is 52.3 Å². The van der Waals surface area contributed by atoms with Gasteiger partial charge >= 0.3 is 0 Å². The van der Waals surface area contributed by atoms with Crippen LogP contribution in [0.2, 0.25) is 5.02 Å². The van der Waals surface area contributed by atoms with Gasteiger partial charge in [-0.05, 0) is 12.1 Å². The van der Waals surface area contributed by atoms with Crippen LogP contribution in [0.4, 0.5) is 22.0 Å². The molecule has 0 saturated heterocycles. The summed E-state index contributed by atoms with van der Waals surface area (Å²) in [6.07, 6.45) is 0. The molecular formula is C12H4ClF5O2S. The molecule has 2 nitrogen and oxygen atoms in total. The molecule has 0 aliphatic rings. The van der Waals surface area contributed by atoms with E-state index in [-0.39, 0.29) is 6.07 Å². The third-order valence-electron chi connectivity index (χ3n) is 2.59. The number of rotatable bonds is 2. The topological polar surface area (TPSA) is 37.3 Å². The van der Waals surface area contributed by atoms with Crippen LogP contribution < -0.4 is 0 Å². The molecule has 0 aliphatic heterocycles. The van der Waals surface area contributed by atoms with Gasteiger partial charge in [0, 0.05) is 11.6 Å². The lowest BCUT2D eigenvalue weighted by atomic mass is 10.0. The molecule has 0 fully saturated rings. The smallest absolute Gasteiger partial charge is 0.195 e. The average molecular weight is 343 g/mol. The maximum absolute atomic E-state index is 13.8. The summed E-state index contributed by atoms with van der Waals surface area (Å²) in [7, 11) is 0. The molecular weight excluding hydrogens is 339 g/mol. The molecule has 1 N–H and O–H groups in total. The number of benzene rings is 2. The van der Waals surface area contributed by atoms with Crippen LogP contribution in [0.5, 0.6) is 0 Å². The van der Waals surface area contributed by atoms with E-state index < -0.39 is 61.2 Å². The largest absolute Gasteiger partial charge is 0.302 e. The maximum Gasteiger partial charge on any atom is 0.195 e. The number of hydrogen-bond donors (Lipinski definition) is 1. The first kappa shape index (κ1) is 15.9. The molecule has 0 heterocycles. The van der Waals surface area contributed by atoms with Crippen LogP contribution in [-0.4, -0.2) is 8.76 Å². The van der Waals surface area contributed by atoms with E-state index in [4.69, 9.17) is 16.2 Å². The zero-order valence-electron chi connectivity index (χ0n) is 9.76. The second-order valence-electron chi connectivity index (χ2n) is 3.85. The predicted molar refractivity (Wildman–Crippen MR) is 65.7 cm³/mol. The van der Waals surface area contributed by atoms with Gasteiger partial charge < -0.3 is 4.55 Å². The van der Waals surface area contributed by atoms with Gasteiger partial charge in [0.15, 0.2) is 28.5 Å². The first-order valence-electron chi connectivity index (χ1n) is 5.17. The van der Waals surface area contributed by atoms with Gasteiger partial charge in [0.2, 0.25) is 0 Å². The van der Waals surface area contributed by atoms with E-state index in [0.29, 0.717) is 12.1 Å². The summed E-state index contributed by atoms with van der Waals surface area (Å²) in [5, 5.41) is -0.458. The van der Waals surface area contributed by atoms with E-state index in [1.807, 2.05) is 0 Å². The molecule has 112 valence electrons. The second-order valence-corrected chi connectivity index (χ2v) is 5.20. The molecule has 2 rings (SSSR count). The fourth-order valence-electron chi connectivity index (χ4n) is 1.67. The summed E-state index contributed by atoms with van der Waals surface area (Å²) in [5.74, 6) is -8.56. The Labute approximate surface area is 122 Å². The Morgan fingerprint density at radius 2 is 1.52 bits per heavy atom. The zero-order chi connectivity index (χ0) is 15.9. The number of halogens is 6. The average Bonchev–Trinajstić information content (AvgIpc) is 2.38. The highest BCUT2D eigenvalue weighted by molar-refractivity contribution is 7.79. The Morgan fingerprint density at radius 3 is 2.10 bits per heavy atom. The molecule has 0 spiro atoms. The highest BCUT2D eigenvalue weighted by Crippen LogP contribution is 2.34. The summed E-state index contributed by atoms with van der Waals surface area (Å²) in [5.41, 5.74) is -2.06. The van der Waals surface area contributed by atoms with Crippen molar-refractivity contribution >= 4 is 22.7 Å². The second kappa shape index (κ2) is 5.70. The van der Waals surface area contributed by atoms with Gasteiger partial charge in [0.1, 0.15) is 11.6 Å². The van der Waals surface area contributed by atoms with Crippen molar-refractivity contribution in [1.82, 2.24) is 0 Å². The summed E-state index contributed by atoms with van der Waals surface area (Å²) in [6.45, 7) is 0. The lowest BCUT2D eigenvalue weighted by Gasteiger charge is -2.10. The predicted octanol–water partition coefficient (Wildman–Crippen LogP) is 4.28. The van der Waals surface area contributed by atoms with E-state index in [0.717, 1.165) is 0 Å². The quantitative estimate of drug-likeness (QED) is 0.383. The Morgan fingerprint density at radius 1 is 0.905 bits per heavy atom. The minimum Gasteiger partial charge on any atom is -0.302 e. The monoisotopic (exact) mass is 342 g/mol. The third kappa shape index (κ3) is 2.78. The van der Waals surface area contributed by atoms with Crippen molar-refractivity contribution in [1.29, 1.82) is 0 Å². The van der Waals surface area contributed by atoms with Gasteiger partial charge in [-0.3, -0.25) is 0 Å². The van der Waals surface area contributed by atoms with E-state index in [1.54, 1.807) is 0 Å². The fourth-order valence-corrected chi connectivity index (χ4v) is 2.46. The van der Waals surface area contributed by atoms with Crippen LogP contribution in [0.3, 0.4) is 0 Å². The van der Waals surface area contributed by atoms with Gasteiger partial charge in [-0.25, -0.2) is 26.2 Å². The van der Waals surface area contributed by atoms with Crippen LogP contribution in [-0.2, 0) is 11.1 Å². The Bertz CT molecular complexity index is 766. The molecule has 2 aromatic rings. The van der Waals surface area contributed by atoms with Crippen molar-refractivity contribution in [2.75, 3.05) is 0 Å². The standard InChI is InChI=1S/C12H4ClF5O2S/c13-5-2-6(14)4(1-9(5)21(19)20)10-7(15)3-8(16)11(17)12(10)18/h1-3H,(H,19,20). The molecule has 0 aliphatic carbocycles. The minimum absolute atomic E-state index is 0.0391. The summed E-state index contributed by atoms with van der Waals surface area (Å²) in [6, 6.07) is 1.17. The lowest BCUT2D eigenvalue weighted by Crippen LogP contribution is -2.01. The molecule has 1 atom stereocenters. The van der Waals surface area contributed by atoms with Gasteiger partial charge in [-0.15, -0.1) is 0 Å². The maximum atomic E-state index is 13.8. The van der Waals surface area contributed by atoms with E-state index in [9.17, 15) is 26.2 Å². The molecule has 0 bridgehead atoms. The van der Waals surface area contributed by atoms with Crippen molar-refractivity contribution in [2.24, 2.45) is 0 Å². The Balaban J connectivity index is 2.82. The van der Waals surface area contributed by atoms with E-state index >= 15 is 0 Å². The van der Waals surface area contributed by atoms with Crippen LogP contribution in [0.25, 0.3) is 11.1 Å². The summed E-state index contributed by atoms with van der Waals surface area (Å²) in [4.78, 5) is -0.531. The highest BCUT2D eigenvalue weighted by atomic mass is 35.5. The van der Waals surface area contributed by atoms with Gasteiger partial charge in [0.05, 0.1) is 15.5 Å². The molecule has 1 unspecified atom stereocenters. The van der Waals surface area contributed by atoms with Gasteiger partial charge in [-0.1, -0.05) is 11.6 Å². The summed E-state index contributed by atoms with van der Waals surface area (Å²) >= 11 is 2.84.